The van der Waals surface area contributed by atoms with Crippen molar-refractivity contribution in [2.45, 2.75) is 39.3 Å². The fraction of sp³-hybridized carbons (Fsp3) is 0.524. The van der Waals surface area contributed by atoms with Crippen LogP contribution in [-0.4, -0.2) is 44.9 Å². The number of aryl methyl sites for hydroxylation is 1. The maximum atomic E-state index is 14.0. The van der Waals surface area contributed by atoms with Gasteiger partial charge in [0.05, 0.1) is 11.1 Å². The average Bonchev–Trinajstić information content (AvgIpc) is 3.20. The highest BCUT2D eigenvalue weighted by Gasteiger charge is 2.48. The average molecular weight is 370 g/mol. The Balaban J connectivity index is 1.46. The molecular weight excluding hydrogens is 343 g/mol. The molecule has 2 aliphatic heterocycles. The lowest BCUT2D eigenvalue weighted by Crippen LogP contribution is -2.49. The number of amides is 1. The molecule has 6 heteroatoms. The molecule has 2 aromatic rings. The summed E-state index contributed by atoms with van der Waals surface area (Å²) in [7, 11) is 2.03. The van der Waals surface area contributed by atoms with Crippen molar-refractivity contribution in [3.05, 3.63) is 53.4 Å². The summed E-state index contributed by atoms with van der Waals surface area (Å²) >= 11 is 0. The third-order valence-electron chi connectivity index (χ3n) is 6.28. The number of hydrogen-bond donors (Lipinski definition) is 0. The predicted octanol–water partition coefficient (Wildman–Crippen LogP) is 2.88. The molecule has 0 radical (unpaired) electrons. The van der Waals surface area contributed by atoms with Gasteiger partial charge in [0.25, 0.3) is 0 Å². The van der Waals surface area contributed by atoms with Crippen molar-refractivity contribution >= 4 is 5.91 Å². The molecule has 144 valence electrons. The van der Waals surface area contributed by atoms with Crippen LogP contribution in [0.25, 0.3) is 0 Å². The predicted molar refractivity (Wildman–Crippen MR) is 101 cm³/mol. The number of rotatable bonds is 4. The number of benzene rings is 1. The smallest absolute Gasteiger partial charge is 0.230 e. The highest BCUT2D eigenvalue weighted by molar-refractivity contribution is 5.84. The lowest BCUT2D eigenvalue weighted by atomic mass is 9.78. The monoisotopic (exact) mass is 370 g/mol. The molecule has 1 amide bonds. The Kier molecular flexibility index (Phi) is 4.76. The van der Waals surface area contributed by atoms with Gasteiger partial charge in [-0.15, -0.1) is 0 Å². The quantitative estimate of drug-likeness (QED) is 0.831. The van der Waals surface area contributed by atoms with Gasteiger partial charge in [-0.05, 0) is 38.8 Å². The van der Waals surface area contributed by atoms with Gasteiger partial charge in [0, 0.05) is 45.0 Å². The van der Waals surface area contributed by atoms with Gasteiger partial charge in [-0.1, -0.05) is 18.2 Å². The zero-order valence-electron chi connectivity index (χ0n) is 16.1. The largest absolute Gasteiger partial charge is 0.338 e. The number of piperidine rings is 1. The number of aromatic nitrogens is 2. The number of halogens is 1. The summed E-state index contributed by atoms with van der Waals surface area (Å²) in [6, 6.07) is 6.76. The number of hydrogen-bond acceptors (Lipinski definition) is 3. The van der Waals surface area contributed by atoms with Gasteiger partial charge >= 0.3 is 0 Å². The van der Waals surface area contributed by atoms with Crippen LogP contribution in [0.2, 0.25) is 0 Å². The van der Waals surface area contributed by atoms with E-state index >= 15 is 0 Å². The van der Waals surface area contributed by atoms with E-state index in [1.165, 1.54) is 11.8 Å². The van der Waals surface area contributed by atoms with Crippen LogP contribution in [-0.2, 0) is 24.9 Å². The minimum atomic E-state index is -0.308. The number of carbonyl (C=O) groups excluding carboxylic acids is 1. The minimum absolute atomic E-state index is 0.195. The van der Waals surface area contributed by atoms with E-state index in [0.29, 0.717) is 12.1 Å². The standard InChI is InChI=1S/C21H27FN4O/c1-16-23-12-18(24(16)2)14-25-11-9-21(15-25)8-5-10-26(20(21)27)13-17-6-3-4-7-19(17)22/h3-4,6-7,12H,5,8-11,13-15H2,1-2H3/t21-/m0/s1. The number of nitrogens with zero attached hydrogens (tertiary/aromatic N) is 4. The molecule has 1 aromatic carbocycles. The molecule has 0 aliphatic carbocycles. The summed E-state index contributed by atoms with van der Waals surface area (Å²) in [4.78, 5) is 21.9. The summed E-state index contributed by atoms with van der Waals surface area (Å²) < 4.78 is 16.1. The van der Waals surface area contributed by atoms with Gasteiger partial charge < -0.3 is 9.47 Å². The van der Waals surface area contributed by atoms with Gasteiger partial charge in [0.15, 0.2) is 0 Å². The zero-order chi connectivity index (χ0) is 19.0. The van der Waals surface area contributed by atoms with Crippen molar-refractivity contribution in [3.63, 3.8) is 0 Å². The third kappa shape index (κ3) is 3.38. The highest BCUT2D eigenvalue weighted by Crippen LogP contribution is 2.41. The lowest BCUT2D eigenvalue weighted by Gasteiger charge is -2.39. The van der Waals surface area contributed by atoms with Crippen molar-refractivity contribution < 1.29 is 9.18 Å². The Morgan fingerprint density at radius 2 is 2.00 bits per heavy atom. The van der Waals surface area contributed by atoms with Gasteiger partial charge in [-0.25, -0.2) is 9.37 Å². The molecule has 4 rings (SSSR count). The van der Waals surface area contributed by atoms with Crippen LogP contribution in [0, 0.1) is 18.2 Å². The van der Waals surface area contributed by atoms with E-state index in [1.807, 2.05) is 31.1 Å². The van der Waals surface area contributed by atoms with E-state index < -0.39 is 0 Å². The molecule has 3 heterocycles. The topological polar surface area (TPSA) is 41.4 Å². The fourth-order valence-electron chi connectivity index (χ4n) is 4.53. The Bertz CT molecular complexity index is 848. The van der Waals surface area contributed by atoms with Gasteiger partial charge in [-0.3, -0.25) is 9.69 Å². The second kappa shape index (κ2) is 7.08. The zero-order valence-corrected chi connectivity index (χ0v) is 16.1. The minimum Gasteiger partial charge on any atom is -0.338 e. The number of imidazole rings is 1. The van der Waals surface area contributed by atoms with E-state index in [1.54, 1.807) is 12.1 Å². The van der Waals surface area contributed by atoms with E-state index in [0.717, 1.165) is 51.3 Å². The van der Waals surface area contributed by atoms with Crippen LogP contribution in [0.5, 0.6) is 0 Å². The summed E-state index contributed by atoms with van der Waals surface area (Å²) in [5, 5.41) is 0. The molecule has 2 aliphatic rings. The summed E-state index contributed by atoms with van der Waals surface area (Å²) in [5.74, 6) is 0.967. The van der Waals surface area contributed by atoms with Gasteiger partial charge in [0.1, 0.15) is 11.6 Å². The van der Waals surface area contributed by atoms with Crippen molar-refractivity contribution in [1.29, 1.82) is 0 Å². The molecule has 2 saturated heterocycles. The molecular formula is C21H27FN4O. The Morgan fingerprint density at radius 1 is 1.19 bits per heavy atom. The summed E-state index contributed by atoms with van der Waals surface area (Å²) in [6.45, 7) is 5.61. The summed E-state index contributed by atoms with van der Waals surface area (Å²) in [6.07, 6.45) is 4.73. The molecule has 5 nitrogen and oxygen atoms in total. The first kappa shape index (κ1) is 18.2. The maximum absolute atomic E-state index is 14.0. The Morgan fingerprint density at radius 3 is 2.74 bits per heavy atom. The number of carbonyl (C=O) groups is 1. The van der Waals surface area contributed by atoms with E-state index in [2.05, 4.69) is 14.5 Å². The van der Waals surface area contributed by atoms with Crippen LogP contribution in [0.15, 0.2) is 30.5 Å². The molecule has 27 heavy (non-hydrogen) atoms. The maximum Gasteiger partial charge on any atom is 0.230 e. The summed E-state index contributed by atoms with van der Waals surface area (Å²) in [5.41, 5.74) is 1.47. The van der Waals surface area contributed by atoms with Crippen LogP contribution in [0.1, 0.15) is 36.3 Å². The van der Waals surface area contributed by atoms with Gasteiger partial charge in [-0.2, -0.15) is 0 Å². The lowest BCUT2D eigenvalue weighted by molar-refractivity contribution is -0.146. The number of likely N-dealkylation sites (tertiary alicyclic amines) is 2. The van der Waals surface area contributed by atoms with Crippen LogP contribution >= 0.6 is 0 Å². The normalized spacial score (nSPS) is 23.5. The van der Waals surface area contributed by atoms with E-state index in [4.69, 9.17) is 0 Å². The first-order valence-corrected chi connectivity index (χ1v) is 9.71. The van der Waals surface area contributed by atoms with Crippen LogP contribution < -0.4 is 0 Å². The Hall–Kier alpha value is -2.21. The third-order valence-corrected chi connectivity index (χ3v) is 6.28. The van der Waals surface area contributed by atoms with Crippen molar-refractivity contribution in [2.24, 2.45) is 12.5 Å². The molecule has 0 N–H and O–H groups in total. The second-order valence-electron chi connectivity index (χ2n) is 8.02. The van der Waals surface area contributed by atoms with Crippen molar-refractivity contribution in [3.8, 4) is 0 Å². The van der Waals surface area contributed by atoms with Gasteiger partial charge in [0.2, 0.25) is 5.91 Å². The molecule has 0 unspecified atom stereocenters. The highest BCUT2D eigenvalue weighted by atomic mass is 19.1. The molecule has 1 aromatic heterocycles. The molecule has 0 saturated carbocycles. The van der Waals surface area contributed by atoms with Crippen LogP contribution in [0.4, 0.5) is 4.39 Å². The van der Waals surface area contributed by atoms with E-state index in [-0.39, 0.29) is 17.1 Å². The van der Waals surface area contributed by atoms with Crippen molar-refractivity contribution in [2.75, 3.05) is 19.6 Å². The van der Waals surface area contributed by atoms with E-state index in [9.17, 15) is 9.18 Å². The Labute approximate surface area is 159 Å². The second-order valence-corrected chi connectivity index (χ2v) is 8.02. The molecule has 1 spiro atoms. The van der Waals surface area contributed by atoms with Crippen molar-refractivity contribution in [1.82, 2.24) is 19.4 Å². The SMILES string of the molecule is Cc1ncc(CN2CC[C@@]3(CCCN(Cc4ccccc4F)C3=O)C2)n1C. The van der Waals surface area contributed by atoms with Crippen LogP contribution in [0.3, 0.4) is 0 Å². The fourth-order valence-corrected chi connectivity index (χ4v) is 4.53. The first-order chi connectivity index (χ1) is 13.0. The molecule has 1 atom stereocenters. The molecule has 2 fully saturated rings. The first-order valence-electron chi connectivity index (χ1n) is 9.71. The molecule has 0 bridgehead atoms.